The molecule has 0 radical (unpaired) electrons. The molecule has 0 spiro atoms. The minimum Gasteiger partial charge on any atom is -0.429 e. The van der Waals surface area contributed by atoms with Crippen LogP contribution in [0, 0.1) is 6.92 Å². The van der Waals surface area contributed by atoms with Crippen molar-refractivity contribution in [3.05, 3.63) is 88.5 Å². The SMILES string of the molecule is CCc1cc(CO)ccc1-c1ccc(OC(F)(F)c2ccc(C)cc2)cc1CC. The first-order valence-electron chi connectivity index (χ1n) is 9.87. The third kappa shape index (κ3) is 4.65. The van der Waals surface area contributed by atoms with E-state index in [1.54, 1.807) is 24.3 Å². The van der Waals surface area contributed by atoms with Crippen molar-refractivity contribution < 1.29 is 18.6 Å². The van der Waals surface area contributed by atoms with E-state index in [2.05, 4.69) is 6.92 Å². The van der Waals surface area contributed by atoms with E-state index in [0.717, 1.165) is 39.8 Å². The van der Waals surface area contributed by atoms with Crippen LogP contribution in [0.15, 0.2) is 60.7 Å². The van der Waals surface area contributed by atoms with Gasteiger partial charge in [0.2, 0.25) is 0 Å². The molecule has 0 aliphatic carbocycles. The second-order valence-electron chi connectivity index (χ2n) is 7.16. The van der Waals surface area contributed by atoms with E-state index in [4.69, 9.17) is 4.74 Å². The average Bonchev–Trinajstić information content (AvgIpc) is 2.73. The molecule has 0 heterocycles. The summed E-state index contributed by atoms with van der Waals surface area (Å²) in [6.07, 6.45) is -1.90. The molecule has 0 saturated heterocycles. The minimum absolute atomic E-state index is 0.00517. The second kappa shape index (κ2) is 8.75. The van der Waals surface area contributed by atoms with Crippen LogP contribution in [0.25, 0.3) is 11.1 Å². The highest BCUT2D eigenvalue weighted by Gasteiger charge is 2.34. The van der Waals surface area contributed by atoms with Crippen LogP contribution in [-0.4, -0.2) is 5.11 Å². The van der Waals surface area contributed by atoms with Crippen molar-refractivity contribution in [3.8, 4) is 16.9 Å². The predicted molar refractivity (Wildman–Crippen MR) is 112 cm³/mol. The van der Waals surface area contributed by atoms with Crippen molar-refractivity contribution in [2.75, 3.05) is 0 Å². The summed E-state index contributed by atoms with van der Waals surface area (Å²) < 4.78 is 34.3. The maximum absolute atomic E-state index is 14.6. The average molecular weight is 396 g/mol. The standard InChI is InChI=1S/C25H26F2O2/c1-4-19-14-18(16-28)8-12-23(19)24-13-11-22(15-20(24)5-2)29-25(26,27)21-9-6-17(3)7-10-21/h6-15,28H,4-5,16H2,1-3H3. The first-order valence-corrected chi connectivity index (χ1v) is 9.87. The van der Waals surface area contributed by atoms with Crippen LogP contribution in [-0.2, 0) is 25.6 Å². The quantitative estimate of drug-likeness (QED) is 0.500. The van der Waals surface area contributed by atoms with E-state index in [9.17, 15) is 13.9 Å². The smallest absolute Gasteiger partial charge is 0.426 e. The van der Waals surface area contributed by atoms with Gasteiger partial charge in [0.1, 0.15) is 5.75 Å². The van der Waals surface area contributed by atoms with Gasteiger partial charge in [0.05, 0.1) is 12.2 Å². The Labute approximate surface area is 170 Å². The number of halogens is 2. The van der Waals surface area contributed by atoms with Crippen LogP contribution in [0.4, 0.5) is 8.78 Å². The Balaban J connectivity index is 1.94. The van der Waals surface area contributed by atoms with E-state index in [1.807, 2.05) is 38.1 Å². The molecule has 3 aromatic rings. The number of aryl methyl sites for hydroxylation is 3. The molecule has 2 nitrogen and oxygen atoms in total. The lowest BCUT2D eigenvalue weighted by Crippen LogP contribution is -2.21. The van der Waals surface area contributed by atoms with E-state index in [1.165, 1.54) is 12.1 Å². The highest BCUT2D eigenvalue weighted by molar-refractivity contribution is 5.72. The summed E-state index contributed by atoms with van der Waals surface area (Å²) in [6.45, 7) is 5.90. The van der Waals surface area contributed by atoms with Crippen molar-refractivity contribution in [1.82, 2.24) is 0 Å². The molecule has 4 heteroatoms. The molecule has 1 N–H and O–H groups in total. The predicted octanol–water partition coefficient (Wildman–Crippen LogP) is 6.41. The molecular weight excluding hydrogens is 370 g/mol. The van der Waals surface area contributed by atoms with Gasteiger partial charge in [0.25, 0.3) is 0 Å². The van der Waals surface area contributed by atoms with Crippen molar-refractivity contribution in [2.45, 2.75) is 46.3 Å². The molecule has 0 aromatic heterocycles. The number of alkyl halides is 2. The van der Waals surface area contributed by atoms with Crippen molar-refractivity contribution in [1.29, 1.82) is 0 Å². The van der Waals surface area contributed by atoms with Crippen molar-refractivity contribution >= 4 is 0 Å². The van der Waals surface area contributed by atoms with Gasteiger partial charge in [-0.05, 0) is 71.8 Å². The summed E-state index contributed by atoms with van der Waals surface area (Å²) in [4.78, 5) is 0. The molecule has 3 aromatic carbocycles. The summed E-state index contributed by atoms with van der Waals surface area (Å²) in [6, 6.07) is 17.1. The second-order valence-corrected chi connectivity index (χ2v) is 7.16. The van der Waals surface area contributed by atoms with E-state index in [-0.39, 0.29) is 17.9 Å². The van der Waals surface area contributed by atoms with Crippen LogP contribution >= 0.6 is 0 Å². The number of ether oxygens (including phenoxy) is 1. The molecule has 3 rings (SSSR count). The number of aliphatic hydroxyl groups is 1. The number of rotatable bonds is 7. The molecule has 0 aliphatic rings. The number of hydrogen-bond acceptors (Lipinski definition) is 2. The molecule has 0 atom stereocenters. The van der Waals surface area contributed by atoms with E-state index in [0.29, 0.717) is 6.42 Å². The maximum atomic E-state index is 14.6. The number of benzene rings is 3. The lowest BCUT2D eigenvalue weighted by molar-refractivity contribution is -0.185. The van der Waals surface area contributed by atoms with E-state index < -0.39 is 6.11 Å². The summed E-state index contributed by atoms with van der Waals surface area (Å²) >= 11 is 0. The molecule has 0 saturated carbocycles. The molecular formula is C25H26F2O2. The molecule has 0 aliphatic heterocycles. The van der Waals surface area contributed by atoms with Crippen LogP contribution in [0.3, 0.4) is 0 Å². The molecule has 29 heavy (non-hydrogen) atoms. The monoisotopic (exact) mass is 396 g/mol. The van der Waals surface area contributed by atoms with Gasteiger partial charge in [-0.2, -0.15) is 8.78 Å². The Hall–Kier alpha value is -2.72. The lowest BCUT2D eigenvalue weighted by atomic mass is 9.92. The van der Waals surface area contributed by atoms with Gasteiger partial charge in [0.15, 0.2) is 0 Å². The summed E-state index contributed by atoms with van der Waals surface area (Å²) in [5.41, 5.74) is 5.72. The highest BCUT2D eigenvalue weighted by atomic mass is 19.3. The zero-order valence-corrected chi connectivity index (χ0v) is 17.0. The van der Waals surface area contributed by atoms with Crippen LogP contribution in [0.1, 0.15) is 41.7 Å². The third-order valence-electron chi connectivity index (χ3n) is 5.11. The molecule has 0 amide bonds. The van der Waals surface area contributed by atoms with Gasteiger partial charge < -0.3 is 9.84 Å². The normalized spacial score (nSPS) is 11.5. The van der Waals surface area contributed by atoms with Crippen LogP contribution in [0.2, 0.25) is 0 Å². The van der Waals surface area contributed by atoms with Gasteiger partial charge >= 0.3 is 6.11 Å². The zero-order chi connectivity index (χ0) is 21.0. The topological polar surface area (TPSA) is 29.5 Å². The van der Waals surface area contributed by atoms with Gasteiger partial charge in [-0.3, -0.25) is 0 Å². The summed E-state index contributed by atoms with van der Waals surface area (Å²) in [5.74, 6) is 0.140. The van der Waals surface area contributed by atoms with Gasteiger partial charge in [-0.15, -0.1) is 0 Å². The number of hydrogen-bond donors (Lipinski definition) is 1. The zero-order valence-electron chi connectivity index (χ0n) is 17.0. The Bertz CT molecular complexity index is 979. The minimum atomic E-state index is -3.41. The molecule has 0 fully saturated rings. The Morgan fingerprint density at radius 3 is 2.00 bits per heavy atom. The largest absolute Gasteiger partial charge is 0.429 e. The summed E-state index contributed by atoms with van der Waals surface area (Å²) in [5, 5.41) is 9.39. The highest BCUT2D eigenvalue weighted by Crippen LogP contribution is 2.35. The fourth-order valence-corrected chi connectivity index (χ4v) is 3.44. The van der Waals surface area contributed by atoms with Gasteiger partial charge in [-0.1, -0.05) is 55.8 Å². The lowest BCUT2D eigenvalue weighted by Gasteiger charge is -2.20. The number of aliphatic hydroxyl groups excluding tert-OH is 1. The van der Waals surface area contributed by atoms with Crippen molar-refractivity contribution in [3.63, 3.8) is 0 Å². The van der Waals surface area contributed by atoms with E-state index >= 15 is 0 Å². The van der Waals surface area contributed by atoms with Gasteiger partial charge in [-0.25, -0.2) is 0 Å². The first-order chi connectivity index (χ1) is 13.9. The molecule has 0 bridgehead atoms. The fraction of sp³-hybridized carbons (Fsp3) is 0.280. The molecule has 0 unspecified atom stereocenters. The van der Waals surface area contributed by atoms with Crippen LogP contribution in [0.5, 0.6) is 5.75 Å². The molecule has 152 valence electrons. The first kappa shape index (κ1) is 21.0. The van der Waals surface area contributed by atoms with Crippen LogP contribution < -0.4 is 4.74 Å². The Morgan fingerprint density at radius 1 is 0.828 bits per heavy atom. The fourth-order valence-electron chi connectivity index (χ4n) is 3.44. The Kier molecular flexibility index (Phi) is 6.33. The van der Waals surface area contributed by atoms with Crippen molar-refractivity contribution in [2.24, 2.45) is 0 Å². The maximum Gasteiger partial charge on any atom is 0.426 e. The van der Waals surface area contributed by atoms with Gasteiger partial charge in [0, 0.05) is 0 Å². The summed E-state index contributed by atoms with van der Waals surface area (Å²) in [7, 11) is 0. The third-order valence-corrected chi connectivity index (χ3v) is 5.11. The Morgan fingerprint density at radius 2 is 1.41 bits per heavy atom.